The van der Waals surface area contributed by atoms with Gasteiger partial charge in [0.15, 0.2) is 0 Å². The van der Waals surface area contributed by atoms with Gasteiger partial charge in [-0.05, 0) is 31.5 Å². The molecule has 0 unspecified atom stereocenters. The molecule has 0 fully saturated rings. The number of hydrogen-bond acceptors (Lipinski definition) is 4. The van der Waals surface area contributed by atoms with E-state index in [9.17, 15) is 0 Å². The predicted molar refractivity (Wildman–Crippen MR) is 83.4 cm³/mol. The maximum Gasteiger partial charge on any atom is 0.147 e. The molecule has 0 atom stereocenters. The summed E-state index contributed by atoms with van der Waals surface area (Å²) in [7, 11) is 0. The second-order valence-corrected chi connectivity index (χ2v) is 5.46. The zero-order valence-corrected chi connectivity index (χ0v) is 13.3. The van der Waals surface area contributed by atoms with E-state index in [4.69, 9.17) is 4.74 Å². The Bertz CT molecular complexity index is 560. The van der Waals surface area contributed by atoms with Crippen LogP contribution in [0.2, 0.25) is 0 Å². The summed E-state index contributed by atoms with van der Waals surface area (Å²) < 4.78 is 7.62. The van der Waals surface area contributed by atoms with E-state index in [-0.39, 0.29) is 0 Å². The highest BCUT2D eigenvalue weighted by molar-refractivity contribution is 5.27. The average molecular weight is 288 g/mol. The van der Waals surface area contributed by atoms with E-state index >= 15 is 0 Å². The SMILES string of the molecule is Cc1nc(C)n(CCOc2ccc(CNC(C)C)cc2)n1. The summed E-state index contributed by atoms with van der Waals surface area (Å²) in [6.45, 7) is 10.3. The van der Waals surface area contributed by atoms with Crippen LogP contribution in [0.15, 0.2) is 24.3 Å². The van der Waals surface area contributed by atoms with Crippen LogP contribution in [0.4, 0.5) is 0 Å². The Morgan fingerprint density at radius 1 is 1.19 bits per heavy atom. The smallest absolute Gasteiger partial charge is 0.147 e. The zero-order chi connectivity index (χ0) is 15.2. The second-order valence-electron chi connectivity index (χ2n) is 5.46. The molecule has 0 amide bonds. The Morgan fingerprint density at radius 3 is 2.48 bits per heavy atom. The lowest BCUT2D eigenvalue weighted by molar-refractivity contribution is 0.289. The van der Waals surface area contributed by atoms with Crippen LogP contribution >= 0.6 is 0 Å². The molecule has 0 saturated heterocycles. The molecule has 5 nitrogen and oxygen atoms in total. The maximum atomic E-state index is 5.75. The third kappa shape index (κ3) is 4.86. The van der Waals surface area contributed by atoms with Crippen molar-refractivity contribution in [2.24, 2.45) is 0 Å². The first-order valence-electron chi connectivity index (χ1n) is 7.38. The molecule has 1 aromatic carbocycles. The van der Waals surface area contributed by atoms with Gasteiger partial charge in [-0.25, -0.2) is 9.67 Å². The van der Waals surface area contributed by atoms with Crippen LogP contribution in [-0.2, 0) is 13.1 Å². The van der Waals surface area contributed by atoms with Crippen molar-refractivity contribution in [3.05, 3.63) is 41.5 Å². The van der Waals surface area contributed by atoms with Gasteiger partial charge in [0.1, 0.15) is 24.0 Å². The fraction of sp³-hybridized carbons (Fsp3) is 0.500. The van der Waals surface area contributed by atoms with E-state index in [2.05, 4.69) is 41.4 Å². The highest BCUT2D eigenvalue weighted by Crippen LogP contribution is 2.12. The Morgan fingerprint density at radius 2 is 1.90 bits per heavy atom. The third-order valence-electron chi connectivity index (χ3n) is 3.17. The molecule has 5 heteroatoms. The van der Waals surface area contributed by atoms with Gasteiger partial charge in [-0.3, -0.25) is 0 Å². The number of benzene rings is 1. The normalized spacial score (nSPS) is 11.1. The zero-order valence-electron chi connectivity index (χ0n) is 13.3. The van der Waals surface area contributed by atoms with Gasteiger partial charge in [-0.15, -0.1) is 0 Å². The molecule has 1 heterocycles. The Labute approximate surface area is 126 Å². The Kier molecular flexibility index (Phi) is 5.33. The monoisotopic (exact) mass is 288 g/mol. The first kappa shape index (κ1) is 15.5. The first-order valence-corrected chi connectivity index (χ1v) is 7.38. The number of aryl methyl sites for hydroxylation is 2. The molecule has 0 saturated carbocycles. The summed E-state index contributed by atoms with van der Waals surface area (Å²) in [6.07, 6.45) is 0. The lowest BCUT2D eigenvalue weighted by Crippen LogP contribution is -2.21. The van der Waals surface area contributed by atoms with Crippen LogP contribution in [-0.4, -0.2) is 27.4 Å². The summed E-state index contributed by atoms with van der Waals surface area (Å²) in [4.78, 5) is 4.27. The average Bonchev–Trinajstić information content (AvgIpc) is 2.76. The molecular weight excluding hydrogens is 264 g/mol. The summed E-state index contributed by atoms with van der Waals surface area (Å²) in [6, 6.07) is 8.70. The van der Waals surface area contributed by atoms with Crippen molar-refractivity contribution in [3.63, 3.8) is 0 Å². The topological polar surface area (TPSA) is 52.0 Å². The van der Waals surface area contributed by atoms with Crippen molar-refractivity contribution >= 4 is 0 Å². The molecule has 0 bridgehead atoms. The van der Waals surface area contributed by atoms with Gasteiger partial charge in [-0.1, -0.05) is 26.0 Å². The molecule has 0 aliphatic heterocycles. The first-order chi connectivity index (χ1) is 10.0. The van der Waals surface area contributed by atoms with Gasteiger partial charge in [0.2, 0.25) is 0 Å². The van der Waals surface area contributed by atoms with Crippen LogP contribution < -0.4 is 10.1 Å². The molecule has 0 aliphatic carbocycles. The van der Waals surface area contributed by atoms with Gasteiger partial charge in [0, 0.05) is 12.6 Å². The Hall–Kier alpha value is -1.88. The highest BCUT2D eigenvalue weighted by Gasteiger charge is 2.02. The summed E-state index contributed by atoms with van der Waals surface area (Å²) in [5, 5.41) is 7.71. The molecule has 114 valence electrons. The third-order valence-corrected chi connectivity index (χ3v) is 3.17. The molecule has 0 spiro atoms. The van der Waals surface area contributed by atoms with Crippen molar-refractivity contribution in [1.82, 2.24) is 20.1 Å². The fourth-order valence-corrected chi connectivity index (χ4v) is 2.05. The van der Waals surface area contributed by atoms with E-state index in [1.807, 2.05) is 30.7 Å². The fourth-order valence-electron chi connectivity index (χ4n) is 2.05. The molecule has 2 aromatic rings. The van der Waals surface area contributed by atoms with Crippen molar-refractivity contribution in [2.75, 3.05) is 6.61 Å². The molecule has 1 N–H and O–H groups in total. The van der Waals surface area contributed by atoms with E-state index in [1.54, 1.807) is 0 Å². The standard InChI is InChI=1S/C16H24N4O/c1-12(2)17-11-15-5-7-16(8-6-15)21-10-9-20-14(4)18-13(3)19-20/h5-8,12,17H,9-11H2,1-4H3. The molecule has 1 aromatic heterocycles. The van der Waals surface area contributed by atoms with Crippen LogP contribution in [0.1, 0.15) is 31.1 Å². The van der Waals surface area contributed by atoms with E-state index < -0.39 is 0 Å². The van der Waals surface area contributed by atoms with Gasteiger partial charge >= 0.3 is 0 Å². The minimum absolute atomic E-state index is 0.496. The van der Waals surface area contributed by atoms with Crippen molar-refractivity contribution in [1.29, 1.82) is 0 Å². The quantitative estimate of drug-likeness (QED) is 0.850. The van der Waals surface area contributed by atoms with E-state index in [0.29, 0.717) is 19.2 Å². The lowest BCUT2D eigenvalue weighted by atomic mass is 10.2. The number of hydrogen-bond donors (Lipinski definition) is 1. The predicted octanol–water partition coefficient (Wildman–Crippen LogP) is 2.47. The van der Waals surface area contributed by atoms with E-state index in [0.717, 1.165) is 23.9 Å². The summed E-state index contributed by atoms with van der Waals surface area (Å²) in [5.41, 5.74) is 1.26. The minimum Gasteiger partial charge on any atom is -0.492 e. The van der Waals surface area contributed by atoms with Crippen molar-refractivity contribution in [3.8, 4) is 5.75 Å². The summed E-state index contributed by atoms with van der Waals surface area (Å²) in [5.74, 6) is 2.61. The number of ether oxygens (including phenoxy) is 1. The van der Waals surface area contributed by atoms with Gasteiger partial charge < -0.3 is 10.1 Å². The number of nitrogens with one attached hydrogen (secondary N) is 1. The molecule has 0 radical (unpaired) electrons. The largest absolute Gasteiger partial charge is 0.492 e. The van der Waals surface area contributed by atoms with Crippen LogP contribution in [0.3, 0.4) is 0 Å². The van der Waals surface area contributed by atoms with Gasteiger partial charge in [0.25, 0.3) is 0 Å². The number of rotatable bonds is 7. The lowest BCUT2D eigenvalue weighted by Gasteiger charge is -2.10. The van der Waals surface area contributed by atoms with Crippen LogP contribution in [0.5, 0.6) is 5.75 Å². The molecular formula is C16H24N4O. The van der Waals surface area contributed by atoms with Crippen LogP contribution in [0.25, 0.3) is 0 Å². The maximum absolute atomic E-state index is 5.75. The minimum atomic E-state index is 0.496. The summed E-state index contributed by atoms with van der Waals surface area (Å²) >= 11 is 0. The van der Waals surface area contributed by atoms with Crippen LogP contribution in [0, 0.1) is 13.8 Å². The molecule has 21 heavy (non-hydrogen) atoms. The highest BCUT2D eigenvalue weighted by atomic mass is 16.5. The van der Waals surface area contributed by atoms with Crippen molar-refractivity contribution in [2.45, 2.75) is 46.8 Å². The van der Waals surface area contributed by atoms with Gasteiger partial charge in [0.05, 0.1) is 6.54 Å². The molecule has 2 rings (SSSR count). The van der Waals surface area contributed by atoms with Gasteiger partial charge in [-0.2, -0.15) is 5.10 Å². The van der Waals surface area contributed by atoms with Crippen molar-refractivity contribution < 1.29 is 4.74 Å². The second kappa shape index (κ2) is 7.22. The molecule has 0 aliphatic rings. The Balaban J connectivity index is 1.79. The van der Waals surface area contributed by atoms with E-state index in [1.165, 1.54) is 5.56 Å². The number of nitrogens with zero attached hydrogens (tertiary/aromatic N) is 3. The number of aromatic nitrogens is 3.